The summed E-state index contributed by atoms with van der Waals surface area (Å²) in [6.07, 6.45) is 6.46. The lowest BCUT2D eigenvalue weighted by Crippen LogP contribution is -1.93. The van der Waals surface area contributed by atoms with E-state index in [9.17, 15) is 4.79 Å². The van der Waals surface area contributed by atoms with Gasteiger partial charge in [0.05, 0.1) is 0 Å². The summed E-state index contributed by atoms with van der Waals surface area (Å²) < 4.78 is 4.69. The first kappa shape index (κ1) is 8.99. The molecule has 0 aliphatic heterocycles. The zero-order chi connectivity index (χ0) is 9.97. The van der Waals surface area contributed by atoms with Gasteiger partial charge >= 0.3 is 5.97 Å². The summed E-state index contributed by atoms with van der Waals surface area (Å²) in [5, 5.41) is 12.4. The molecule has 74 valence electrons. The molecule has 1 N–H and O–H groups in total. The van der Waals surface area contributed by atoms with Crippen molar-refractivity contribution in [2.45, 2.75) is 25.7 Å². The van der Waals surface area contributed by atoms with Crippen LogP contribution >= 0.6 is 0 Å². The highest BCUT2D eigenvalue weighted by Gasteiger charge is 2.14. The second kappa shape index (κ2) is 3.65. The fourth-order valence-electron chi connectivity index (χ4n) is 1.60. The van der Waals surface area contributed by atoms with Gasteiger partial charge in [0.2, 0.25) is 5.76 Å². The Kier molecular flexibility index (Phi) is 2.35. The van der Waals surface area contributed by atoms with Crippen LogP contribution < -0.4 is 0 Å². The van der Waals surface area contributed by atoms with Crippen LogP contribution in [-0.2, 0) is 0 Å². The summed E-state index contributed by atoms with van der Waals surface area (Å²) >= 11 is 0. The van der Waals surface area contributed by atoms with Crippen LogP contribution in [0.4, 0.5) is 0 Å². The molecule has 0 unspecified atom stereocenters. The molecule has 2 rings (SSSR count). The standard InChI is InChI=1S/C10H11NO3/c12-10(13)9-6-8(11-14-9)7-4-2-1-3-5-7/h4,6H,1-3,5H2,(H,12,13). The fraction of sp³-hybridized carbons (Fsp3) is 0.400. The molecular weight excluding hydrogens is 182 g/mol. The topological polar surface area (TPSA) is 63.3 Å². The minimum atomic E-state index is -1.07. The lowest BCUT2D eigenvalue weighted by atomic mass is 9.97. The first-order valence-electron chi connectivity index (χ1n) is 4.67. The van der Waals surface area contributed by atoms with Crippen molar-refractivity contribution in [2.24, 2.45) is 0 Å². The Morgan fingerprint density at radius 3 is 2.93 bits per heavy atom. The largest absolute Gasteiger partial charge is 0.475 e. The molecule has 1 aliphatic rings. The van der Waals surface area contributed by atoms with E-state index in [4.69, 9.17) is 5.11 Å². The van der Waals surface area contributed by atoms with E-state index in [-0.39, 0.29) is 5.76 Å². The molecule has 4 heteroatoms. The summed E-state index contributed by atoms with van der Waals surface area (Å²) in [5.41, 5.74) is 1.77. The highest BCUT2D eigenvalue weighted by Crippen LogP contribution is 2.26. The monoisotopic (exact) mass is 193 g/mol. The molecule has 0 radical (unpaired) electrons. The highest BCUT2D eigenvalue weighted by atomic mass is 16.5. The molecule has 14 heavy (non-hydrogen) atoms. The molecule has 1 aliphatic carbocycles. The molecule has 0 fully saturated rings. The lowest BCUT2D eigenvalue weighted by molar-refractivity contribution is 0.0652. The molecule has 0 amide bonds. The van der Waals surface area contributed by atoms with Crippen molar-refractivity contribution in [1.82, 2.24) is 5.16 Å². The van der Waals surface area contributed by atoms with E-state index in [0.717, 1.165) is 24.8 Å². The zero-order valence-electron chi connectivity index (χ0n) is 7.69. The summed E-state index contributed by atoms with van der Waals surface area (Å²) in [6, 6.07) is 1.49. The van der Waals surface area contributed by atoms with E-state index >= 15 is 0 Å². The van der Waals surface area contributed by atoms with Gasteiger partial charge < -0.3 is 9.63 Å². The number of hydrogen-bond donors (Lipinski definition) is 1. The number of carboxylic acids is 1. The zero-order valence-corrected chi connectivity index (χ0v) is 7.69. The number of rotatable bonds is 2. The minimum absolute atomic E-state index is 0.0912. The SMILES string of the molecule is O=C(O)c1cc(C2=CCCCC2)no1. The molecular formula is C10H11NO3. The Morgan fingerprint density at radius 2 is 2.36 bits per heavy atom. The van der Waals surface area contributed by atoms with E-state index in [1.807, 2.05) is 0 Å². The Morgan fingerprint density at radius 1 is 1.50 bits per heavy atom. The predicted molar refractivity (Wildman–Crippen MR) is 49.9 cm³/mol. The first-order chi connectivity index (χ1) is 6.77. The Labute approximate surface area is 81.2 Å². The van der Waals surface area contributed by atoms with Gasteiger partial charge in [-0.2, -0.15) is 0 Å². The molecule has 1 aromatic heterocycles. The Balaban J connectivity index is 2.23. The summed E-state index contributed by atoms with van der Waals surface area (Å²) in [4.78, 5) is 10.5. The molecule has 0 bridgehead atoms. The van der Waals surface area contributed by atoms with Gasteiger partial charge in [0, 0.05) is 6.07 Å². The van der Waals surface area contributed by atoms with Crippen molar-refractivity contribution in [3.05, 3.63) is 23.6 Å². The predicted octanol–water partition coefficient (Wildman–Crippen LogP) is 2.33. The van der Waals surface area contributed by atoms with Crippen LogP contribution in [0.2, 0.25) is 0 Å². The summed E-state index contributed by atoms with van der Waals surface area (Å²) in [6.45, 7) is 0. The van der Waals surface area contributed by atoms with Crippen LogP contribution in [0, 0.1) is 0 Å². The van der Waals surface area contributed by atoms with Crippen LogP contribution in [0.25, 0.3) is 5.57 Å². The number of allylic oxidation sites excluding steroid dienone is 2. The third kappa shape index (κ3) is 1.69. The van der Waals surface area contributed by atoms with Gasteiger partial charge in [-0.1, -0.05) is 11.2 Å². The third-order valence-electron chi connectivity index (χ3n) is 2.34. The molecule has 1 heterocycles. The van der Waals surface area contributed by atoms with Crippen LogP contribution in [0.1, 0.15) is 41.9 Å². The van der Waals surface area contributed by atoms with E-state index in [0.29, 0.717) is 5.69 Å². The Hall–Kier alpha value is -1.58. The third-order valence-corrected chi connectivity index (χ3v) is 2.34. The highest BCUT2D eigenvalue weighted by molar-refractivity contribution is 5.85. The van der Waals surface area contributed by atoms with Gasteiger partial charge in [-0.05, 0) is 31.3 Å². The molecule has 0 atom stereocenters. The van der Waals surface area contributed by atoms with E-state index in [2.05, 4.69) is 15.8 Å². The number of nitrogens with zero attached hydrogens (tertiary/aromatic N) is 1. The van der Waals surface area contributed by atoms with Gasteiger partial charge in [-0.3, -0.25) is 0 Å². The molecule has 0 spiro atoms. The molecule has 0 saturated carbocycles. The van der Waals surface area contributed by atoms with Gasteiger partial charge in [0.25, 0.3) is 0 Å². The smallest absolute Gasteiger partial charge is 0.374 e. The van der Waals surface area contributed by atoms with Crippen molar-refractivity contribution in [3.63, 3.8) is 0 Å². The lowest BCUT2D eigenvalue weighted by Gasteiger charge is -2.08. The van der Waals surface area contributed by atoms with Gasteiger partial charge in [-0.15, -0.1) is 0 Å². The van der Waals surface area contributed by atoms with Crippen LogP contribution in [0.3, 0.4) is 0 Å². The van der Waals surface area contributed by atoms with Crippen molar-refractivity contribution >= 4 is 11.5 Å². The second-order valence-corrected chi connectivity index (χ2v) is 3.36. The molecule has 0 saturated heterocycles. The Bertz CT molecular complexity index is 378. The fourth-order valence-corrected chi connectivity index (χ4v) is 1.60. The average Bonchev–Trinajstić information content (AvgIpc) is 2.68. The maximum atomic E-state index is 10.5. The number of aromatic nitrogens is 1. The molecule has 0 aromatic carbocycles. The van der Waals surface area contributed by atoms with Crippen molar-refractivity contribution in [3.8, 4) is 0 Å². The maximum Gasteiger partial charge on any atom is 0.374 e. The van der Waals surface area contributed by atoms with Crippen molar-refractivity contribution in [1.29, 1.82) is 0 Å². The average molecular weight is 193 g/mol. The maximum absolute atomic E-state index is 10.5. The second-order valence-electron chi connectivity index (χ2n) is 3.36. The van der Waals surface area contributed by atoms with Crippen molar-refractivity contribution < 1.29 is 14.4 Å². The number of aromatic carboxylic acids is 1. The molecule has 4 nitrogen and oxygen atoms in total. The van der Waals surface area contributed by atoms with E-state index < -0.39 is 5.97 Å². The van der Waals surface area contributed by atoms with Crippen LogP contribution in [-0.4, -0.2) is 16.2 Å². The minimum Gasteiger partial charge on any atom is -0.475 e. The quantitative estimate of drug-likeness (QED) is 0.782. The van der Waals surface area contributed by atoms with Crippen LogP contribution in [0.5, 0.6) is 0 Å². The normalized spacial score (nSPS) is 16.4. The number of carbonyl (C=O) groups is 1. The van der Waals surface area contributed by atoms with E-state index in [1.165, 1.54) is 12.5 Å². The molecule has 1 aromatic rings. The van der Waals surface area contributed by atoms with Gasteiger partial charge in [0.1, 0.15) is 5.69 Å². The van der Waals surface area contributed by atoms with Crippen LogP contribution in [0.15, 0.2) is 16.7 Å². The first-order valence-corrected chi connectivity index (χ1v) is 4.67. The number of hydrogen-bond acceptors (Lipinski definition) is 3. The van der Waals surface area contributed by atoms with E-state index in [1.54, 1.807) is 0 Å². The van der Waals surface area contributed by atoms with Gasteiger partial charge in [-0.25, -0.2) is 4.79 Å². The van der Waals surface area contributed by atoms with Crippen molar-refractivity contribution in [2.75, 3.05) is 0 Å². The summed E-state index contributed by atoms with van der Waals surface area (Å²) in [5.74, 6) is -1.16. The summed E-state index contributed by atoms with van der Waals surface area (Å²) in [7, 11) is 0. The number of carboxylic acid groups (broad SMARTS) is 1. The van der Waals surface area contributed by atoms with Gasteiger partial charge in [0.15, 0.2) is 0 Å².